The minimum Gasteiger partial charge on any atom is -0.497 e. The normalized spacial score (nSPS) is 17.3. The smallest absolute Gasteiger partial charge is 0.261 e. The number of nitrogens with one attached hydrogen (secondary N) is 1. The molecule has 1 aromatic heterocycles. The number of aryl methyl sites for hydroxylation is 1. The lowest BCUT2D eigenvalue weighted by atomic mass is 10.2. The third kappa shape index (κ3) is 3.47. The van der Waals surface area contributed by atoms with Gasteiger partial charge in [0, 0.05) is 18.4 Å². The van der Waals surface area contributed by atoms with Gasteiger partial charge in [-0.2, -0.15) is 0 Å². The van der Waals surface area contributed by atoms with E-state index in [1.165, 1.54) is 0 Å². The number of H-pyrrole nitrogens is 1. The number of rotatable bonds is 5. The lowest BCUT2D eigenvalue weighted by Gasteiger charge is -2.23. The minimum atomic E-state index is -0.0163. The SMILES string of the molecule is COc1ccc(OCC(=O)N2CCC[C@@H]2c2ncc(C)[nH]2)cc1. The second-order valence-corrected chi connectivity index (χ2v) is 5.66. The fourth-order valence-electron chi connectivity index (χ4n) is 2.85. The Morgan fingerprint density at radius 1 is 1.35 bits per heavy atom. The second kappa shape index (κ2) is 6.73. The van der Waals surface area contributed by atoms with Crippen molar-refractivity contribution in [1.29, 1.82) is 0 Å². The molecule has 6 heteroatoms. The van der Waals surface area contributed by atoms with Gasteiger partial charge in [0.15, 0.2) is 6.61 Å². The van der Waals surface area contributed by atoms with Gasteiger partial charge in [0.2, 0.25) is 0 Å². The molecule has 1 atom stereocenters. The van der Waals surface area contributed by atoms with Crippen LogP contribution in [0.1, 0.15) is 30.4 Å². The summed E-state index contributed by atoms with van der Waals surface area (Å²) in [5.41, 5.74) is 1.01. The van der Waals surface area contributed by atoms with Crippen LogP contribution in [0.4, 0.5) is 0 Å². The van der Waals surface area contributed by atoms with Crippen molar-refractivity contribution in [3.8, 4) is 11.5 Å². The molecule has 1 aliphatic rings. The van der Waals surface area contributed by atoms with Crippen molar-refractivity contribution in [2.75, 3.05) is 20.3 Å². The van der Waals surface area contributed by atoms with E-state index in [2.05, 4.69) is 9.97 Å². The molecule has 3 rings (SSSR count). The molecule has 6 nitrogen and oxygen atoms in total. The topological polar surface area (TPSA) is 67.5 Å². The molecule has 0 unspecified atom stereocenters. The zero-order chi connectivity index (χ0) is 16.2. The molecule has 0 aliphatic carbocycles. The predicted molar refractivity (Wildman–Crippen MR) is 85.5 cm³/mol. The standard InChI is InChI=1S/C17H21N3O3/c1-12-10-18-17(19-12)15-4-3-9-20(15)16(21)11-23-14-7-5-13(22-2)6-8-14/h5-8,10,15H,3-4,9,11H2,1-2H3,(H,18,19)/t15-/m1/s1. The van der Waals surface area contributed by atoms with Gasteiger partial charge in [-0.15, -0.1) is 0 Å². The van der Waals surface area contributed by atoms with E-state index in [1.54, 1.807) is 25.4 Å². The van der Waals surface area contributed by atoms with Gasteiger partial charge < -0.3 is 19.4 Å². The number of methoxy groups -OCH3 is 1. The molecule has 1 N–H and O–H groups in total. The average Bonchev–Trinajstić information content (AvgIpc) is 3.21. The number of benzene rings is 1. The van der Waals surface area contributed by atoms with Crippen LogP contribution in [0, 0.1) is 6.92 Å². The summed E-state index contributed by atoms with van der Waals surface area (Å²) in [6.45, 7) is 2.74. The maximum Gasteiger partial charge on any atom is 0.261 e. The first kappa shape index (κ1) is 15.4. The van der Waals surface area contributed by atoms with E-state index >= 15 is 0 Å². The molecule has 1 saturated heterocycles. The number of aromatic amines is 1. The fourth-order valence-corrected chi connectivity index (χ4v) is 2.85. The van der Waals surface area contributed by atoms with Crippen molar-refractivity contribution >= 4 is 5.91 Å². The Kier molecular flexibility index (Phi) is 4.50. The maximum absolute atomic E-state index is 12.5. The molecule has 0 radical (unpaired) electrons. The molecule has 122 valence electrons. The molecule has 1 fully saturated rings. The molecule has 2 aromatic rings. The van der Waals surface area contributed by atoms with Gasteiger partial charge in [0.25, 0.3) is 5.91 Å². The zero-order valence-electron chi connectivity index (χ0n) is 13.4. The summed E-state index contributed by atoms with van der Waals surface area (Å²) in [5, 5.41) is 0. The summed E-state index contributed by atoms with van der Waals surface area (Å²) in [5.74, 6) is 2.26. The summed E-state index contributed by atoms with van der Waals surface area (Å²) in [7, 11) is 1.61. The first-order valence-electron chi connectivity index (χ1n) is 7.75. The molecule has 2 heterocycles. The van der Waals surface area contributed by atoms with Crippen LogP contribution in [0.5, 0.6) is 11.5 Å². The van der Waals surface area contributed by atoms with Crippen molar-refractivity contribution in [1.82, 2.24) is 14.9 Å². The Balaban J connectivity index is 1.60. The van der Waals surface area contributed by atoms with Crippen LogP contribution in [0.2, 0.25) is 0 Å². The van der Waals surface area contributed by atoms with Crippen LogP contribution in [0.25, 0.3) is 0 Å². The Hall–Kier alpha value is -2.50. The lowest BCUT2D eigenvalue weighted by molar-refractivity contribution is -0.134. The van der Waals surface area contributed by atoms with Crippen LogP contribution >= 0.6 is 0 Å². The van der Waals surface area contributed by atoms with E-state index in [9.17, 15) is 4.79 Å². The van der Waals surface area contributed by atoms with Crippen molar-refractivity contribution in [3.63, 3.8) is 0 Å². The number of aromatic nitrogens is 2. The number of amides is 1. The number of ether oxygens (including phenoxy) is 2. The number of nitrogens with zero attached hydrogens (tertiary/aromatic N) is 2. The Bertz CT molecular complexity index is 666. The van der Waals surface area contributed by atoms with Gasteiger partial charge in [0.1, 0.15) is 17.3 Å². The zero-order valence-corrected chi connectivity index (χ0v) is 13.4. The van der Waals surface area contributed by atoms with Gasteiger partial charge in [-0.1, -0.05) is 0 Å². The number of carbonyl (C=O) groups is 1. The van der Waals surface area contributed by atoms with Crippen molar-refractivity contribution in [2.45, 2.75) is 25.8 Å². The number of carbonyl (C=O) groups excluding carboxylic acids is 1. The number of likely N-dealkylation sites (tertiary alicyclic amines) is 1. The van der Waals surface area contributed by atoms with Crippen molar-refractivity contribution in [3.05, 3.63) is 42.0 Å². The van der Waals surface area contributed by atoms with Crippen LogP contribution in [-0.2, 0) is 4.79 Å². The highest BCUT2D eigenvalue weighted by molar-refractivity contribution is 5.78. The maximum atomic E-state index is 12.5. The molecule has 23 heavy (non-hydrogen) atoms. The largest absolute Gasteiger partial charge is 0.497 e. The van der Waals surface area contributed by atoms with E-state index in [0.29, 0.717) is 5.75 Å². The van der Waals surface area contributed by atoms with Crippen LogP contribution in [0.15, 0.2) is 30.5 Å². The minimum absolute atomic E-state index is 0.0163. The molecule has 0 saturated carbocycles. The molecular weight excluding hydrogens is 294 g/mol. The van der Waals surface area contributed by atoms with Gasteiger partial charge in [-0.3, -0.25) is 4.79 Å². The van der Waals surface area contributed by atoms with Gasteiger partial charge in [-0.05, 0) is 44.0 Å². The van der Waals surface area contributed by atoms with Crippen LogP contribution in [-0.4, -0.2) is 41.0 Å². The third-order valence-corrected chi connectivity index (χ3v) is 4.03. The molecule has 1 aliphatic heterocycles. The van der Waals surface area contributed by atoms with Crippen LogP contribution in [0.3, 0.4) is 0 Å². The molecule has 1 aromatic carbocycles. The Morgan fingerprint density at radius 2 is 2.09 bits per heavy atom. The predicted octanol–water partition coefficient (Wildman–Crippen LogP) is 2.47. The fraction of sp³-hybridized carbons (Fsp3) is 0.412. The number of hydrogen-bond acceptors (Lipinski definition) is 4. The second-order valence-electron chi connectivity index (χ2n) is 5.66. The molecular formula is C17H21N3O3. The van der Waals surface area contributed by atoms with Gasteiger partial charge in [0.05, 0.1) is 13.2 Å². The monoisotopic (exact) mass is 315 g/mol. The lowest BCUT2D eigenvalue weighted by Crippen LogP contribution is -2.34. The molecule has 0 spiro atoms. The highest BCUT2D eigenvalue weighted by atomic mass is 16.5. The summed E-state index contributed by atoms with van der Waals surface area (Å²) in [6.07, 6.45) is 3.71. The van der Waals surface area contributed by atoms with Crippen LogP contribution < -0.4 is 9.47 Å². The third-order valence-electron chi connectivity index (χ3n) is 4.03. The van der Waals surface area contributed by atoms with E-state index in [0.717, 1.165) is 36.7 Å². The van der Waals surface area contributed by atoms with E-state index in [-0.39, 0.29) is 18.6 Å². The average molecular weight is 315 g/mol. The summed E-state index contributed by atoms with van der Waals surface area (Å²) in [6, 6.07) is 7.23. The summed E-state index contributed by atoms with van der Waals surface area (Å²) < 4.78 is 10.7. The first-order valence-corrected chi connectivity index (χ1v) is 7.75. The Labute approximate surface area is 135 Å². The van der Waals surface area contributed by atoms with Gasteiger partial charge >= 0.3 is 0 Å². The molecule has 0 bridgehead atoms. The first-order chi connectivity index (χ1) is 11.2. The highest BCUT2D eigenvalue weighted by Crippen LogP contribution is 2.30. The molecule has 1 amide bonds. The number of hydrogen-bond donors (Lipinski definition) is 1. The summed E-state index contributed by atoms with van der Waals surface area (Å²) in [4.78, 5) is 21.9. The van der Waals surface area contributed by atoms with Gasteiger partial charge in [-0.25, -0.2) is 4.98 Å². The van der Waals surface area contributed by atoms with E-state index < -0.39 is 0 Å². The van der Waals surface area contributed by atoms with Crippen molar-refractivity contribution < 1.29 is 14.3 Å². The highest BCUT2D eigenvalue weighted by Gasteiger charge is 2.31. The van der Waals surface area contributed by atoms with E-state index in [4.69, 9.17) is 9.47 Å². The number of imidazole rings is 1. The van der Waals surface area contributed by atoms with E-state index in [1.807, 2.05) is 24.0 Å². The summed E-state index contributed by atoms with van der Waals surface area (Å²) >= 11 is 0. The van der Waals surface area contributed by atoms with Crippen molar-refractivity contribution in [2.24, 2.45) is 0 Å². The quantitative estimate of drug-likeness (QED) is 0.920. The Morgan fingerprint density at radius 3 is 2.74 bits per heavy atom.